The summed E-state index contributed by atoms with van der Waals surface area (Å²) in [7, 11) is 0. The van der Waals surface area contributed by atoms with Gasteiger partial charge in [-0.05, 0) is 42.6 Å². The second-order valence-electron chi connectivity index (χ2n) is 14.8. The maximum atomic E-state index is 13.4. The van der Waals surface area contributed by atoms with Crippen LogP contribution >= 0.6 is 22.7 Å². The Morgan fingerprint density at radius 1 is 0.904 bits per heavy atom. The van der Waals surface area contributed by atoms with Gasteiger partial charge < -0.3 is 5.11 Å². The zero-order chi connectivity index (χ0) is 37.7. The van der Waals surface area contributed by atoms with Crippen LogP contribution in [-0.4, -0.2) is 27.0 Å². The van der Waals surface area contributed by atoms with Crippen molar-refractivity contribution in [1.29, 1.82) is 0 Å². The number of hydrogen-bond acceptors (Lipinski definition) is 6. The van der Waals surface area contributed by atoms with Crippen LogP contribution in [0.4, 0.5) is 13.2 Å². The summed E-state index contributed by atoms with van der Waals surface area (Å²) >= 11 is 2.96. The molecule has 10 heteroatoms. The molecule has 0 aliphatic carbocycles. The summed E-state index contributed by atoms with van der Waals surface area (Å²) in [5, 5.41) is 17.5. The van der Waals surface area contributed by atoms with Crippen LogP contribution in [0.15, 0.2) is 65.2 Å². The van der Waals surface area contributed by atoms with Crippen molar-refractivity contribution >= 4 is 49.3 Å². The first-order valence-corrected chi connectivity index (χ1v) is 19.5. The number of fused-ring (bicyclic) bond motifs is 2. The normalized spacial score (nSPS) is 12.7. The largest absolute Gasteiger partial charge is 0.512 e. The average molecular weight is 928 g/mol. The minimum absolute atomic E-state index is 0. The van der Waals surface area contributed by atoms with Crippen LogP contribution in [0.2, 0.25) is 0 Å². The molecule has 1 radical (unpaired) electrons. The topological polar surface area (TPSA) is 63.1 Å². The van der Waals surface area contributed by atoms with Gasteiger partial charge in [0.2, 0.25) is 0 Å². The molecule has 0 saturated carbocycles. The van der Waals surface area contributed by atoms with E-state index in [1.54, 1.807) is 22.9 Å². The molecule has 4 nitrogen and oxygen atoms in total. The molecule has 0 saturated heterocycles. The Bertz CT molecular complexity index is 1980. The molecule has 3 heterocycles. The maximum Gasteiger partial charge on any atom is 0.394 e. The molecule has 2 aromatic carbocycles. The first-order chi connectivity index (χ1) is 23.9. The van der Waals surface area contributed by atoms with E-state index in [1.807, 2.05) is 51.3 Å². The van der Waals surface area contributed by atoms with Gasteiger partial charge in [0, 0.05) is 77.4 Å². The number of allylic oxidation sites excluding steroid dienone is 2. The van der Waals surface area contributed by atoms with Crippen molar-refractivity contribution in [2.45, 2.75) is 106 Å². The summed E-state index contributed by atoms with van der Waals surface area (Å²) < 4.78 is 41.2. The van der Waals surface area contributed by atoms with Crippen LogP contribution in [0.3, 0.4) is 0 Å². The van der Waals surface area contributed by atoms with E-state index in [4.69, 9.17) is 4.98 Å². The van der Waals surface area contributed by atoms with Crippen molar-refractivity contribution in [1.82, 2.24) is 9.97 Å². The molecular formula is C42H50F3IrN2O2S2-. The Kier molecular flexibility index (Phi) is 15.0. The fraction of sp³-hybridized carbons (Fsp3) is 0.452. The number of carbonyl (C=O) groups excluding carboxylic acids is 1. The minimum Gasteiger partial charge on any atom is -0.512 e. The van der Waals surface area contributed by atoms with Gasteiger partial charge in [-0.15, -0.1) is 51.8 Å². The number of carbonyl (C=O) groups is 1. The zero-order valence-electron chi connectivity index (χ0n) is 31.5. The second kappa shape index (κ2) is 17.9. The Morgan fingerprint density at radius 2 is 1.54 bits per heavy atom. The maximum absolute atomic E-state index is 13.4. The summed E-state index contributed by atoms with van der Waals surface area (Å²) in [6.45, 7) is 17.1. The smallest absolute Gasteiger partial charge is 0.394 e. The molecule has 283 valence electrons. The van der Waals surface area contributed by atoms with Gasteiger partial charge in [-0.2, -0.15) is 13.2 Å². The minimum atomic E-state index is -4.28. The molecule has 0 unspecified atom stereocenters. The molecule has 0 aliphatic heterocycles. The summed E-state index contributed by atoms with van der Waals surface area (Å²) in [6, 6.07) is 16.0. The van der Waals surface area contributed by atoms with Crippen molar-refractivity contribution in [2.75, 3.05) is 0 Å². The van der Waals surface area contributed by atoms with Crippen molar-refractivity contribution in [3.8, 4) is 21.8 Å². The molecule has 0 atom stereocenters. The van der Waals surface area contributed by atoms with Gasteiger partial charge in [0.1, 0.15) is 5.01 Å². The fourth-order valence-electron chi connectivity index (χ4n) is 6.14. The van der Waals surface area contributed by atoms with E-state index in [0.29, 0.717) is 5.69 Å². The number of aliphatic hydroxyl groups excluding tert-OH is 1. The summed E-state index contributed by atoms with van der Waals surface area (Å²) in [5.41, 5.74) is 2.53. The van der Waals surface area contributed by atoms with Gasteiger partial charge in [-0.1, -0.05) is 91.5 Å². The number of ketones is 1. The van der Waals surface area contributed by atoms with Crippen molar-refractivity contribution in [2.24, 2.45) is 17.3 Å². The Hall–Kier alpha value is -2.91. The number of thiazole rings is 1. The molecular weight excluding hydrogens is 878 g/mol. The van der Waals surface area contributed by atoms with E-state index in [2.05, 4.69) is 50.0 Å². The Labute approximate surface area is 328 Å². The third-order valence-corrected chi connectivity index (χ3v) is 11.5. The van der Waals surface area contributed by atoms with Crippen LogP contribution < -0.4 is 0 Å². The number of thiophene rings is 1. The molecule has 0 fully saturated rings. The molecule has 0 bridgehead atoms. The van der Waals surface area contributed by atoms with Gasteiger partial charge in [0.05, 0.1) is 16.9 Å². The number of alkyl halides is 3. The van der Waals surface area contributed by atoms with Crippen molar-refractivity contribution in [3.05, 3.63) is 82.5 Å². The predicted octanol–water partition coefficient (Wildman–Crippen LogP) is 13.3. The summed E-state index contributed by atoms with van der Waals surface area (Å²) in [6.07, 6.45) is 2.26. The van der Waals surface area contributed by atoms with Gasteiger partial charge >= 0.3 is 6.18 Å². The van der Waals surface area contributed by atoms with Crippen LogP contribution in [0.25, 0.3) is 42.7 Å². The van der Waals surface area contributed by atoms with Gasteiger partial charge in [0.15, 0.2) is 5.78 Å². The molecule has 0 aliphatic rings. The second-order valence-corrected chi connectivity index (χ2v) is 16.5. The van der Waals surface area contributed by atoms with Crippen LogP contribution in [0.1, 0.15) is 99.3 Å². The zero-order valence-corrected chi connectivity index (χ0v) is 35.5. The SMILES string of the molecule is CC(C)(C)c1cc(-c2nccc3c(-c4nc(CC(C)(C)C(F)(F)F)cs4)csc23)[c-]c2ccccc12.CCC(CC)C(=O)/C=C(\O)C(CC)CC.[Ir]. The molecule has 0 amide bonds. The van der Waals surface area contributed by atoms with Gasteiger partial charge in [0.25, 0.3) is 0 Å². The van der Waals surface area contributed by atoms with Crippen molar-refractivity contribution in [3.63, 3.8) is 0 Å². The molecule has 5 aromatic rings. The molecule has 3 aromatic heterocycles. The fourth-order valence-corrected chi connectivity index (χ4v) is 8.12. The molecule has 1 N–H and O–H groups in total. The number of aromatic nitrogens is 2. The number of hydrogen-bond donors (Lipinski definition) is 1. The number of rotatable bonds is 11. The van der Waals surface area contributed by atoms with E-state index in [1.165, 1.54) is 42.2 Å². The third-order valence-electron chi connectivity index (χ3n) is 9.58. The standard InChI is InChI=1S/C29H26F3N2S2.C13H24O2.Ir/c1-27(2,3)23-13-18(12-17-8-6-7-9-20(17)23)24-25-21(10-11-33-24)22(16-35-25)26-34-19(15-36-26)14-28(4,5)29(30,31)32;1-5-10(6-2)12(14)9-13(15)11(7-3)8-4;/h6-11,13,15-16H,14H2,1-5H3;9-11,14H,5-8H2,1-4H3;/q-1;;/b;12-9-;. The first kappa shape index (κ1) is 43.5. The van der Waals surface area contributed by atoms with E-state index in [9.17, 15) is 23.1 Å². The molecule has 0 spiro atoms. The average Bonchev–Trinajstić information content (AvgIpc) is 3.71. The van der Waals surface area contributed by atoms with Crippen LogP contribution in [0.5, 0.6) is 0 Å². The Balaban J connectivity index is 0.000000389. The summed E-state index contributed by atoms with van der Waals surface area (Å²) in [4.78, 5) is 21.0. The number of aliphatic hydroxyl groups is 1. The summed E-state index contributed by atoms with van der Waals surface area (Å²) in [5.74, 6) is 0.547. The van der Waals surface area contributed by atoms with Crippen molar-refractivity contribution < 1.29 is 43.2 Å². The quantitative estimate of drug-likeness (QED) is 0.0814. The van der Waals surface area contributed by atoms with E-state index in [-0.39, 0.29) is 55.3 Å². The Morgan fingerprint density at radius 3 is 2.13 bits per heavy atom. The number of nitrogens with zero attached hydrogens (tertiary/aromatic N) is 2. The van der Waals surface area contributed by atoms with Gasteiger partial charge in [-0.3, -0.25) is 9.78 Å². The number of halogens is 3. The van der Waals surface area contributed by atoms with E-state index in [0.717, 1.165) is 63.0 Å². The number of benzene rings is 2. The first-order valence-electron chi connectivity index (χ1n) is 17.7. The van der Waals surface area contributed by atoms with Crippen LogP contribution in [-0.2, 0) is 36.7 Å². The van der Waals surface area contributed by atoms with Crippen LogP contribution in [0, 0.1) is 23.3 Å². The van der Waals surface area contributed by atoms with E-state index >= 15 is 0 Å². The van der Waals surface area contributed by atoms with E-state index < -0.39 is 11.6 Å². The number of pyridine rings is 1. The predicted molar refractivity (Wildman–Crippen MR) is 209 cm³/mol. The van der Waals surface area contributed by atoms with Gasteiger partial charge in [-0.25, -0.2) is 4.98 Å². The monoisotopic (exact) mass is 928 g/mol. The molecule has 52 heavy (non-hydrogen) atoms. The third kappa shape index (κ3) is 9.99. The molecule has 5 rings (SSSR count).